The first-order chi connectivity index (χ1) is 14.5. The van der Waals surface area contributed by atoms with E-state index in [4.69, 9.17) is 11.6 Å². The second-order valence-electron chi connectivity index (χ2n) is 7.78. The number of benzene rings is 2. The number of hydrogen-bond acceptors (Lipinski definition) is 3. The lowest BCUT2D eigenvalue weighted by Crippen LogP contribution is -2.53. The van der Waals surface area contributed by atoms with Gasteiger partial charge in [0.2, 0.25) is 5.91 Å². The lowest BCUT2D eigenvalue weighted by molar-refractivity contribution is -0.124. The molecule has 1 atom stereocenters. The Labute approximate surface area is 184 Å². The zero-order valence-electron chi connectivity index (χ0n) is 16.6. The molecule has 8 heteroatoms. The highest BCUT2D eigenvalue weighted by Crippen LogP contribution is 2.32. The third-order valence-corrected chi connectivity index (χ3v) is 6.71. The summed E-state index contributed by atoms with van der Waals surface area (Å²) < 4.78 is 11.4. The van der Waals surface area contributed by atoms with Crippen molar-refractivity contribution in [2.75, 3.05) is 33.2 Å². The molecule has 0 aromatic heterocycles. The van der Waals surface area contributed by atoms with Gasteiger partial charge in [-0.3, -0.25) is 4.79 Å². The molecule has 0 bridgehead atoms. The third-order valence-electron chi connectivity index (χ3n) is 5.95. The van der Waals surface area contributed by atoms with Gasteiger partial charge in [-0.05, 0) is 29.7 Å². The molecule has 2 heterocycles. The molecule has 2 aliphatic heterocycles. The van der Waals surface area contributed by atoms with Crippen LogP contribution in [0.15, 0.2) is 47.4 Å². The van der Waals surface area contributed by atoms with Gasteiger partial charge in [0.15, 0.2) is 0 Å². The zero-order chi connectivity index (χ0) is 21.3. The SMILES string of the molecule is CNC(=O)[C@@H]1CCN(C(=O)N2CC(c3ccc(-c4ccc(Cl)cc4[S+]=O)cc3)C2)C1. The number of amides is 3. The van der Waals surface area contributed by atoms with Gasteiger partial charge < -0.3 is 15.1 Å². The standard InChI is InChI=1S/C22H22ClN3O3S/c1-24-21(27)16-8-9-25(11-16)22(28)26-12-17(13-26)14-2-4-15(5-3-14)19-7-6-18(23)10-20(19)30-29/h2-7,10,16-17H,8-9,11-13H2,1H3/p+1/t16-/m1/s1. The van der Waals surface area contributed by atoms with Crippen molar-refractivity contribution in [1.29, 1.82) is 0 Å². The molecule has 6 nitrogen and oxygen atoms in total. The number of rotatable bonds is 4. The number of urea groups is 1. The Kier molecular flexibility index (Phi) is 6.01. The number of likely N-dealkylation sites (tertiary alicyclic amines) is 2. The van der Waals surface area contributed by atoms with Gasteiger partial charge in [0.1, 0.15) is 0 Å². The quantitative estimate of drug-likeness (QED) is 0.735. The molecule has 0 unspecified atom stereocenters. The molecule has 30 heavy (non-hydrogen) atoms. The van der Waals surface area contributed by atoms with E-state index in [1.807, 2.05) is 23.1 Å². The van der Waals surface area contributed by atoms with E-state index in [1.165, 1.54) is 5.56 Å². The number of nitrogens with zero attached hydrogens (tertiary/aromatic N) is 2. The summed E-state index contributed by atoms with van der Waals surface area (Å²) in [7, 11) is 1.63. The number of halogens is 1. The lowest BCUT2D eigenvalue weighted by Gasteiger charge is -2.41. The largest absolute Gasteiger partial charge is 0.505 e. The van der Waals surface area contributed by atoms with Gasteiger partial charge in [-0.1, -0.05) is 35.9 Å². The smallest absolute Gasteiger partial charge is 0.359 e. The molecule has 2 aromatic rings. The molecule has 1 N–H and O–H groups in total. The van der Waals surface area contributed by atoms with Crippen molar-refractivity contribution in [3.05, 3.63) is 53.1 Å². The fourth-order valence-electron chi connectivity index (χ4n) is 4.14. The molecule has 0 radical (unpaired) electrons. The fraction of sp³-hybridized carbons (Fsp3) is 0.364. The van der Waals surface area contributed by atoms with Crippen molar-refractivity contribution >= 4 is 35.2 Å². The monoisotopic (exact) mass is 444 g/mol. The maximum Gasteiger partial charge on any atom is 0.505 e. The Morgan fingerprint density at radius 3 is 2.47 bits per heavy atom. The van der Waals surface area contributed by atoms with Crippen LogP contribution in [0.1, 0.15) is 17.9 Å². The summed E-state index contributed by atoms with van der Waals surface area (Å²) in [5.41, 5.74) is 3.02. The van der Waals surface area contributed by atoms with E-state index in [0.717, 1.165) is 17.5 Å². The molecule has 2 saturated heterocycles. The number of nitrogens with one attached hydrogen (secondary N) is 1. The van der Waals surface area contributed by atoms with Crippen LogP contribution in [0.2, 0.25) is 5.02 Å². The number of carbonyl (C=O) groups is 2. The Morgan fingerprint density at radius 2 is 1.80 bits per heavy atom. The molecule has 2 fully saturated rings. The summed E-state index contributed by atoms with van der Waals surface area (Å²) in [6.07, 6.45) is 0.721. The maximum absolute atomic E-state index is 12.7. The Morgan fingerprint density at radius 1 is 1.07 bits per heavy atom. The van der Waals surface area contributed by atoms with Crippen LogP contribution in [0.5, 0.6) is 0 Å². The third kappa shape index (κ3) is 4.04. The van der Waals surface area contributed by atoms with Crippen molar-refractivity contribution < 1.29 is 13.8 Å². The van der Waals surface area contributed by atoms with Crippen molar-refractivity contribution in [3.8, 4) is 11.1 Å². The molecule has 4 rings (SSSR count). The lowest BCUT2D eigenvalue weighted by atomic mass is 9.90. The van der Waals surface area contributed by atoms with Gasteiger partial charge in [-0.25, -0.2) is 4.79 Å². The van der Waals surface area contributed by atoms with E-state index < -0.39 is 0 Å². The van der Waals surface area contributed by atoms with Crippen molar-refractivity contribution in [2.45, 2.75) is 17.2 Å². The van der Waals surface area contributed by atoms with E-state index in [-0.39, 0.29) is 17.9 Å². The van der Waals surface area contributed by atoms with Crippen LogP contribution in [-0.4, -0.2) is 55.0 Å². The van der Waals surface area contributed by atoms with E-state index >= 15 is 0 Å². The maximum atomic E-state index is 12.7. The van der Waals surface area contributed by atoms with Crippen molar-refractivity contribution in [3.63, 3.8) is 0 Å². The summed E-state index contributed by atoms with van der Waals surface area (Å²) in [6.45, 7) is 2.49. The highest BCUT2D eigenvalue weighted by Gasteiger charge is 2.38. The number of hydrogen-bond donors (Lipinski definition) is 1. The minimum Gasteiger partial charge on any atom is -0.359 e. The van der Waals surface area contributed by atoms with Crippen molar-refractivity contribution in [1.82, 2.24) is 15.1 Å². The first-order valence-electron chi connectivity index (χ1n) is 9.95. The molecular weight excluding hydrogens is 422 g/mol. The molecule has 0 aliphatic carbocycles. The summed E-state index contributed by atoms with van der Waals surface area (Å²) in [6, 6.07) is 13.5. The first kappa shape index (κ1) is 20.8. The summed E-state index contributed by atoms with van der Waals surface area (Å²) in [4.78, 5) is 28.7. The summed E-state index contributed by atoms with van der Waals surface area (Å²) in [5, 5.41) is 3.21. The Hall–Kier alpha value is -2.51. The predicted molar refractivity (Wildman–Crippen MR) is 117 cm³/mol. The van der Waals surface area contributed by atoms with E-state index in [2.05, 4.69) is 17.4 Å². The van der Waals surface area contributed by atoms with Crippen LogP contribution in [-0.2, 0) is 20.7 Å². The minimum absolute atomic E-state index is 0.00565. The van der Waals surface area contributed by atoms with Gasteiger partial charge in [0.05, 0.1) is 11.5 Å². The predicted octanol–water partition coefficient (Wildman–Crippen LogP) is 3.38. The van der Waals surface area contributed by atoms with E-state index in [1.54, 1.807) is 24.1 Å². The van der Waals surface area contributed by atoms with Gasteiger partial charge in [0, 0.05) is 54.4 Å². The molecule has 0 spiro atoms. The van der Waals surface area contributed by atoms with Crippen LogP contribution in [0, 0.1) is 5.92 Å². The van der Waals surface area contributed by atoms with Gasteiger partial charge in [-0.15, -0.1) is 0 Å². The summed E-state index contributed by atoms with van der Waals surface area (Å²) >= 11 is 6.43. The molecule has 2 aromatic carbocycles. The molecule has 3 amide bonds. The first-order valence-corrected chi connectivity index (χ1v) is 11.1. The molecular formula is C22H23ClN3O3S+. The fourth-order valence-corrected chi connectivity index (χ4v) is 4.82. The minimum atomic E-state index is -0.103. The molecule has 2 aliphatic rings. The highest BCUT2D eigenvalue weighted by atomic mass is 35.5. The van der Waals surface area contributed by atoms with E-state index in [0.29, 0.717) is 53.7 Å². The highest BCUT2D eigenvalue weighted by molar-refractivity contribution is 7.65. The van der Waals surface area contributed by atoms with Gasteiger partial charge >= 0.3 is 17.7 Å². The van der Waals surface area contributed by atoms with Crippen LogP contribution in [0.3, 0.4) is 0 Å². The zero-order valence-corrected chi connectivity index (χ0v) is 18.2. The second kappa shape index (κ2) is 8.70. The number of carbonyl (C=O) groups excluding carboxylic acids is 2. The average molecular weight is 445 g/mol. The molecule has 156 valence electrons. The van der Waals surface area contributed by atoms with Gasteiger partial charge in [-0.2, -0.15) is 0 Å². The Bertz CT molecular complexity index is 976. The topological polar surface area (TPSA) is 69.7 Å². The van der Waals surface area contributed by atoms with Crippen LogP contribution >= 0.6 is 11.6 Å². The van der Waals surface area contributed by atoms with Crippen LogP contribution < -0.4 is 5.32 Å². The average Bonchev–Trinajstić information content (AvgIpc) is 3.23. The van der Waals surface area contributed by atoms with Crippen LogP contribution in [0.4, 0.5) is 4.79 Å². The molecule has 0 saturated carbocycles. The van der Waals surface area contributed by atoms with Crippen LogP contribution in [0.25, 0.3) is 11.1 Å². The van der Waals surface area contributed by atoms with E-state index in [9.17, 15) is 13.8 Å². The second-order valence-corrected chi connectivity index (χ2v) is 8.82. The van der Waals surface area contributed by atoms with Crippen molar-refractivity contribution in [2.24, 2.45) is 5.92 Å². The van der Waals surface area contributed by atoms with Gasteiger partial charge in [0.25, 0.3) is 4.90 Å². The normalized spacial score (nSPS) is 18.8. The summed E-state index contributed by atoms with van der Waals surface area (Å²) in [5.74, 6) is 0.207. The Balaban J connectivity index is 1.36.